The van der Waals surface area contributed by atoms with Crippen molar-refractivity contribution in [3.8, 4) is 0 Å². The van der Waals surface area contributed by atoms with Gasteiger partial charge in [-0.05, 0) is 13.0 Å². The summed E-state index contributed by atoms with van der Waals surface area (Å²) >= 11 is 0. The Labute approximate surface area is 148 Å². The zero-order chi connectivity index (χ0) is 19.8. The third kappa shape index (κ3) is 3.81. The third-order valence-electron chi connectivity index (χ3n) is 3.68. The lowest BCUT2D eigenvalue weighted by Gasteiger charge is -2.20. The van der Waals surface area contributed by atoms with Crippen molar-refractivity contribution in [1.29, 1.82) is 0 Å². The predicted octanol–water partition coefficient (Wildman–Crippen LogP) is 4.23. The largest absolute Gasteiger partial charge is 0.455 e. The zero-order valence-corrected chi connectivity index (χ0v) is 13.6. The minimum atomic E-state index is -4.96. The number of benzene rings is 1. The number of furan rings is 1. The Kier molecular flexibility index (Phi) is 4.68. The first-order valence-corrected chi connectivity index (χ1v) is 7.44. The highest BCUT2D eigenvalue weighted by atomic mass is 19.4. The van der Waals surface area contributed by atoms with Crippen LogP contribution in [0.15, 0.2) is 35.3 Å². The maximum atomic E-state index is 13.8. The van der Waals surface area contributed by atoms with Crippen molar-refractivity contribution in [1.82, 2.24) is 15.3 Å². The fourth-order valence-corrected chi connectivity index (χ4v) is 2.50. The summed E-state index contributed by atoms with van der Waals surface area (Å²) in [6, 6.07) is -2.45. The van der Waals surface area contributed by atoms with Gasteiger partial charge in [0.1, 0.15) is 17.9 Å². The summed E-state index contributed by atoms with van der Waals surface area (Å²) in [7, 11) is 0. The van der Waals surface area contributed by atoms with E-state index in [4.69, 9.17) is 4.42 Å². The summed E-state index contributed by atoms with van der Waals surface area (Å²) in [5.41, 5.74) is -0.615. The number of urea groups is 1. The number of halogens is 5. The molecule has 0 bridgehead atoms. The Morgan fingerprint density at radius 1 is 1.19 bits per heavy atom. The van der Waals surface area contributed by atoms with Crippen LogP contribution in [0.1, 0.15) is 17.4 Å². The summed E-state index contributed by atoms with van der Waals surface area (Å²) in [4.78, 5) is 19.2. The van der Waals surface area contributed by atoms with Gasteiger partial charge < -0.3 is 15.1 Å². The van der Waals surface area contributed by atoms with Gasteiger partial charge in [0, 0.05) is 17.0 Å². The van der Waals surface area contributed by atoms with E-state index in [-0.39, 0.29) is 16.6 Å². The number of alkyl halides is 3. The van der Waals surface area contributed by atoms with Crippen LogP contribution in [0.25, 0.3) is 11.0 Å². The molecular formula is C16H11F5N4O2. The molecule has 0 saturated carbocycles. The van der Waals surface area contributed by atoms with Crippen LogP contribution in [0.4, 0.5) is 32.4 Å². The fourth-order valence-electron chi connectivity index (χ4n) is 2.50. The maximum Gasteiger partial charge on any atom is 0.416 e. The number of anilines is 1. The Balaban J connectivity index is 1.96. The van der Waals surface area contributed by atoms with Crippen LogP contribution in [0.5, 0.6) is 0 Å². The zero-order valence-electron chi connectivity index (χ0n) is 13.6. The molecule has 0 unspecified atom stereocenters. The van der Waals surface area contributed by atoms with Crippen molar-refractivity contribution in [2.75, 3.05) is 5.32 Å². The molecule has 6 nitrogen and oxygen atoms in total. The van der Waals surface area contributed by atoms with Crippen LogP contribution in [0.2, 0.25) is 0 Å². The molecule has 0 aliphatic carbocycles. The van der Waals surface area contributed by atoms with Gasteiger partial charge in [-0.2, -0.15) is 13.2 Å². The minimum Gasteiger partial charge on any atom is -0.455 e. The number of nitrogens with one attached hydrogen (secondary N) is 2. The number of amides is 2. The first kappa shape index (κ1) is 18.5. The number of nitrogens with zero attached hydrogens (tertiary/aromatic N) is 2. The quantitative estimate of drug-likeness (QED) is 0.660. The molecule has 11 heteroatoms. The predicted molar refractivity (Wildman–Crippen MR) is 83.8 cm³/mol. The lowest BCUT2D eigenvalue weighted by Crippen LogP contribution is -2.40. The Morgan fingerprint density at radius 2 is 1.85 bits per heavy atom. The molecule has 3 aromatic rings. The fraction of sp³-hybridized carbons (Fsp3) is 0.188. The molecule has 0 aliphatic heterocycles. The number of aromatic nitrogens is 2. The summed E-state index contributed by atoms with van der Waals surface area (Å²) in [5, 5.41) is 3.70. The normalized spacial score (nSPS) is 12.8. The van der Waals surface area contributed by atoms with Crippen LogP contribution in [-0.2, 0) is 0 Å². The molecule has 2 heterocycles. The van der Waals surface area contributed by atoms with Crippen LogP contribution < -0.4 is 10.6 Å². The highest BCUT2D eigenvalue weighted by Crippen LogP contribution is 2.39. The van der Waals surface area contributed by atoms with Crippen LogP contribution in [-0.4, -0.2) is 22.2 Å². The first-order valence-electron chi connectivity index (χ1n) is 7.44. The number of hydrogen-bond donors (Lipinski definition) is 2. The topological polar surface area (TPSA) is 80.0 Å². The Morgan fingerprint density at radius 3 is 2.48 bits per heavy atom. The van der Waals surface area contributed by atoms with Crippen molar-refractivity contribution >= 4 is 22.7 Å². The molecule has 2 N–H and O–H groups in total. The van der Waals surface area contributed by atoms with E-state index in [0.717, 1.165) is 6.07 Å². The van der Waals surface area contributed by atoms with E-state index in [0.29, 0.717) is 6.07 Å². The van der Waals surface area contributed by atoms with E-state index >= 15 is 0 Å². The molecule has 1 aromatic carbocycles. The van der Waals surface area contributed by atoms with Crippen molar-refractivity contribution in [2.45, 2.75) is 19.1 Å². The summed E-state index contributed by atoms with van der Waals surface area (Å²) in [6.07, 6.45) is -1.43. The van der Waals surface area contributed by atoms with Crippen molar-refractivity contribution < 1.29 is 31.2 Å². The molecule has 1 atom stereocenters. The van der Waals surface area contributed by atoms with Gasteiger partial charge in [-0.15, -0.1) is 0 Å². The van der Waals surface area contributed by atoms with E-state index in [2.05, 4.69) is 15.3 Å². The molecule has 0 radical (unpaired) electrons. The lowest BCUT2D eigenvalue weighted by molar-refractivity contribution is -0.158. The van der Waals surface area contributed by atoms with Crippen molar-refractivity contribution in [2.24, 2.45) is 0 Å². The van der Waals surface area contributed by atoms with Gasteiger partial charge in [-0.25, -0.2) is 23.5 Å². The maximum absolute atomic E-state index is 13.8. The molecule has 2 amide bonds. The van der Waals surface area contributed by atoms with Gasteiger partial charge in [0.25, 0.3) is 0 Å². The number of rotatable bonds is 3. The van der Waals surface area contributed by atoms with Gasteiger partial charge in [0.05, 0.1) is 18.1 Å². The Hall–Kier alpha value is -3.24. The monoisotopic (exact) mass is 386 g/mol. The van der Waals surface area contributed by atoms with Crippen LogP contribution in [0, 0.1) is 18.6 Å². The second kappa shape index (κ2) is 6.82. The van der Waals surface area contributed by atoms with Gasteiger partial charge in [-0.3, -0.25) is 0 Å². The van der Waals surface area contributed by atoms with E-state index in [1.807, 2.05) is 0 Å². The Bertz CT molecular complexity index is 988. The average molecular weight is 386 g/mol. The number of carbonyl (C=O) groups excluding carboxylic acids is 1. The SMILES string of the molecule is Cc1c([C@@H](NC(=O)Nc2cncnc2)C(F)(F)F)oc2c(F)cc(F)cc12. The summed E-state index contributed by atoms with van der Waals surface area (Å²) < 4.78 is 72.7. The van der Waals surface area contributed by atoms with Crippen molar-refractivity contribution in [3.05, 3.63) is 53.8 Å². The smallest absolute Gasteiger partial charge is 0.416 e. The molecule has 3 rings (SSSR count). The van der Waals surface area contributed by atoms with Crippen LogP contribution in [0.3, 0.4) is 0 Å². The van der Waals surface area contributed by atoms with E-state index in [9.17, 15) is 26.7 Å². The van der Waals surface area contributed by atoms with E-state index < -0.39 is 41.2 Å². The first-order chi connectivity index (χ1) is 12.7. The van der Waals surface area contributed by atoms with E-state index in [1.54, 1.807) is 5.32 Å². The van der Waals surface area contributed by atoms with E-state index in [1.165, 1.54) is 25.6 Å². The average Bonchev–Trinajstić information content (AvgIpc) is 2.90. The van der Waals surface area contributed by atoms with Crippen LogP contribution >= 0.6 is 0 Å². The number of aryl methyl sites for hydroxylation is 1. The molecule has 0 aliphatic rings. The second-order valence-electron chi connectivity index (χ2n) is 5.56. The number of carbonyl (C=O) groups is 1. The summed E-state index contributed by atoms with van der Waals surface area (Å²) in [6.45, 7) is 1.21. The molecule has 142 valence electrons. The number of fused-ring (bicyclic) bond motifs is 1. The molecule has 0 fully saturated rings. The molecule has 0 saturated heterocycles. The molecule has 0 spiro atoms. The highest BCUT2D eigenvalue weighted by molar-refractivity contribution is 5.89. The highest BCUT2D eigenvalue weighted by Gasteiger charge is 2.45. The minimum absolute atomic E-state index is 0.0605. The number of hydrogen-bond acceptors (Lipinski definition) is 4. The van der Waals surface area contributed by atoms with Gasteiger partial charge >= 0.3 is 12.2 Å². The summed E-state index contributed by atoms with van der Waals surface area (Å²) in [5.74, 6) is -2.86. The van der Waals surface area contributed by atoms with Crippen molar-refractivity contribution in [3.63, 3.8) is 0 Å². The lowest BCUT2D eigenvalue weighted by atomic mass is 10.1. The standard InChI is InChI=1S/C16H11F5N4O2/c1-7-10-2-8(17)3-11(18)13(10)27-12(7)14(16(19,20)21)25-15(26)24-9-4-22-6-23-5-9/h2-6,14H,1H3,(H2,24,25,26)/t14-/m1/s1. The second-order valence-corrected chi connectivity index (χ2v) is 5.56. The molecular weight excluding hydrogens is 375 g/mol. The van der Waals surface area contributed by atoms with Gasteiger partial charge in [0.15, 0.2) is 17.4 Å². The molecule has 27 heavy (non-hydrogen) atoms. The third-order valence-corrected chi connectivity index (χ3v) is 3.68. The molecule has 2 aromatic heterocycles. The van der Waals surface area contributed by atoms with Gasteiger partial charge in [0.2, 0.25) is 0 Å². The van der Waals surface area contributed by atoms with Gasteiger partial charge in [-0.1, -0.05) is 0 Å².